The van der Waals surface area contributed by atoms with Crippen molar-refractivity contribution in [2.75, 3.05) is 19.0 Å². The lowest BCUT2D eigenvalue weighted by Gasteiger charge is -2.32. The van der Waals surface area contributed by atoms with Gasteiger partial charge < -0.3 is 19.9 Å². The molecule has 1 heterocycles. The summed E-state index contributed by atoms with van der Waals surface area (Å²) < 4.78 is 40.7. The van der Waals surface area contributed by atoms with Crippen LogP contribution in [0.4, 0.5) is 0 Å². The van der Waals surface area contributed by atoms with E-state index in [0.29, 0.717) is 29.9 Å². The quantitative estimate of drug-likeness (QED) is 0.130. The van der Waals surface area contributed by atoms with Crippen LogP contribution in [0.1, 0.15) is 47.2 Å². The molecule has 1 aliphatic heterocycles. The zero-order valence-corrected chi connectivity index (χ0v) is 29.4. The van der Waals surface area contributed by atoms with Crippen molar-refractivity contribution in [3.05, 3.63) is 154 Å². The van der Waals surface area contributed by atoms with E-state index in [0.717, 1.165) is 26.7 Å². The molecule has 0 saturated carbocycles. The van der Waals surface area contributed by atoms with Crippen molar-refractivity contribution in [2.45, 2.75) is 35.4 Å². The summed E-state index contributed by atoms with van der Waals surface area (Å²) in [5, 5.41) is 12.4. The van der Waals surface area contributed by atoms with Gasteiger partial charge in [-0.05, 0) is 76.3 Å². The Bertz CT molecular complexity index is 2090. The smallest absolute Gasteiger partial charge is 0.253 e. The fourth-order valence-electron chi connectivity index (χ4n) is 6.61. The number of rotatable bonds is 12. The summed E-state index contributed by atoms with van der Waals surface area (Å²) in [5.74, 6) is 0.0535. The molecule has 8 nitrogen and oxygen atoms in total. The van der Waals surface area contributed by atoms with Gasteiger partial charge in [-0.3, -0.25) is 4.79 Å². The summed E-state index contributed by atoms with van der Waals surface area (Å²) in [6, 6.07) is 38.3. The number of hydrogen-bond acceptors (Lipinski definition) is 7. The molecule has 0 aromatic heterocycles. The predicted octanol–water partition coefficient (Wildman–Crippen LogP) is 7.22. The Hall–Kier alpha value is -4.77. The molecule has 5 aromatic carbocycles. The second-order valence-corrected chi connectivity index (χ2v) is 15.3. The number of amides is 1. The molecular weight excluding hydrogens is 716 g/mol. The molecule has 2 aliphatic rings. The van der Waals surface area contributed by atoms with Crippen LogP contribution in [-0.4, -0.2) is 49.8 Å². The number of hydrogen-bond donors (Lipinski definition) is 2. The van der Waals surface area contributed by atoms with Crippen LogP contribution in [-0.2, 0) is 19.4 Å². The molecule has 0 radical (unpaired) electrons. The van der Waals surface area contributed by atoms with Crippen LogP contribution in [0.5, 0.6) is 5.75 Å². The maximum Gasteiger partial charge on any atom is 0.253 e. The number of nitrogens with zero attached hydrogens (tertiary/aromatic N) is 1. The van der Waals surface area contributed by atoms with Crippen LogP contribution in [0, 0.1) is 0 Å². The van der Waals surface area contributed by atoms with Gasteiger partial charge in [-0.15, -0.1) is 0 Å². The van der Waals surface area contributed by atoms with Gasteiger partial charge in [0.1, 0.15) is 5.75 Å². The summed E-state index contributed by atoms with van der Waals surface area (Å²) in [7, 11) is -3.80. The number of nitrogens with one attached hydrogen (secondary N) is 1. The van der Waals surface area contributed by atoms with E-state index in [1.165, 1.54) is 0 Å². The molecule has 2 N–H and O–H groups in total. The van der Waals surface area contributed by atoms with Gasteiger partial charge in [0.15, 0.2) is 21.5 Å². The van der Waals surface area contributed by atoms with Crippen molar-refractivity contribution in [1.29, 1.82) is 0 Å². The molecule has 1 amide bonds. The Morgan fingerprint density at radius 1 is 0.840 bits per heavy atom. The van der Waals surface area contributed by atoms with Gasteiger partial charge in [-0.2, -0.15) is 0 Å². The normalized spacial score (nSPS) is 18.1. The first-order chi connectivity index (χ1) is 24.3. The van der Waals surface area contributed by atoms with Crippen LogP contribution in [0.2, 0.25) is 0 Å². The highest BCUT2D eigenvalue weighted by Gasteiger charge is 2.54. The number of benzene rings is 5. The fraction of sp³-hybridized carbons (Fsp3) is 0.200. The highest BCUT2D eigenvalue weighted by Crippen LogP contribution is 2.47. The Morgan fingerprint density at radius 2 is 1.46 bits per heavy atom. The van der Waals surface area contributed by atoms with Gasteiger partial charge in [0.2, 0.25) is 5.90 Å². The number of aliphatic imine (C=N–C) groups is 1. The first kappa shape index (κ1) is 33.7. The van der Waals surface area contributed by atoms with Crippen LogP contribution in [0.3, 0.4) is 0 Å². The van der Waals surface area contributed by atoms with Crippen molar-refractivity contribution < 1.29 is 27.8 Å². The molecule has 10 heteroatoms. The van der Waals surface area contributed by atoms with E-state index >= 15 is 4.79 Å². The molecule has 0 saturated heterocycles. The number of carbonyl (C=O) groups is 1. The summed E-state index contributed by atoms with van der Waals surface area (Å²) in [5.41, 5.74) is 3.60. The highest BCUT2D eigenvalue weighted by atomic mass is 79.9. The molecule has 0 bridgehead atoms. The Balaban J connectivity index is 1.32. The molecule has 0 fully saturated rings. The second-order valence-electron chi connectivity index (χ2n) is 12.3. The number of carbonyl (C=O) groups excluding carboxylic acids is 1. The van der Waals surface area contributed by atoms with E-state index in [-0.39, 0.29) is 29.6 Å². The first-order valence-electron chi connectivity index (χ1n) is 16.4. The predicted molar refractivity (Wildman–Crippen MR) is 196 cm³/mol. The minimum Gasteiger partial charge on any atom is -0.494 e. The average molecular weight is 752 g/mol. The number of aliphatic hydroxyl groups excluding tert-OH is 1. The van der Waals surface area contributed by atoms with Gasteiger partial charge in [0, 0.05) is 29.5 Å². The third-order valence-corrected chi connectivity index (χ3v) is 11.4. The van der Waals surface area contributed by atoms with Crippen molar-refractivity contribution >= 4 is 37.6 Å². The minimum atomic E-state index is -3.80. The first-order valence-corrected chi connectivity index (χ1v) is 18.9. The number of aliphatic hydroxyl groups is 1. The van der Waals surface area contributed by atoms with E-state index in [1.807, 2.05) is 72.8 Å². The van der Waals surface area contributed by atoms with Gasteiger partial charge in [-0.25, -0.2) is 13.4 Å². The zero-order valence-electron chi connectivity index (χ0n) is 27.0. The molecule has 0 spiro atoms. The molecule has 0 unspecified atom stereocenters. The van der Waals surface area contributed by atoms with Gasteiger partial charge >= 0.3 is 0 Å². The third kappa shape index (κ3) is 6.58. The lowest BCUT2D eigenvalue weighted by molar-refractivity contribution is -0.129. The lowest BCUT2D eigenvalue weighted by Crippen LogP contribution is -2.50. The maximum atomic E-state index is 15.1. The summed E-state index contributed by atoms with van der Waals surface area (Å²) >= 11 is 3.51. The summed E-state index contributed by atoms with van der Waals surface area (Å²) in [4.78, 5) is 20.3. The average Bonchev–Trinajstić information content (AvgIpc) is 3.69. The fourth-order valence-corrected chi connectivity index (χ4v) is 8.26. The van der Waals surface area contributed by atoms with Crippen LogP contribution >= 0.6 is 15.9 Å². The summed E-state index contributed by atoms with van der Waals surface area (Å²) in [6.45, 7) is 0.397. The molecular formula is C40H35BrN2O6S. The SMILES string of the molecule is O=C(NC1c2ccccc2-c2ccccc21)[C@]1(CCS(=O)(=O)c2ccccc2)N=C(c2ccc(OCCCO)cc2)O[C@@H]1c1ccc(Br)cc1. The Morgan fingerprint density at radius 3 is 2.10 bits per heavy atom. The molecule has 7 rings (SSSR count). The van der Waals surface area contributed by atoms with Gasteiger partial charge in [-0.1, -0.05) is 94.8 Å². The molecule has 1 aliphatic carbocycles. The summed E-state index contributed by atoms with van der Waals surface area (Å²) in [6.07, 6.45) is -0.575. The van der Waals surface area contributed by atoms with Crippen molar-refractivity contribution in [1.82, 2.24) is 5.32 Å². The highest BCUT2D eigenvalue weighted by molar-refractivity contribution is 9.10. The molecule has 5 aromatic rings. The van der Waals surface area contributed by atoms with E-state index < -0.39 is 33.4 Å². The zero-order chi connectivity index (χ0) is 34.7. The standard InChI is InChI=1S/C40H35BrN2O6S/c41-29-19-15-27(16-20-29)37-40(23-26-50(46,47)31-9-2-1-3-10-31,43-38(49-37)28-17-21-30(22-18-28)48-25-8-24-44)39(45)42-36-34-13-6-4-11-32(34)33-12-5-7-14-35(33)36/h1-7,9-22,36-37,44H,8,23-26H2,(H,42,45)/t37-,40-/m1/s1. The van der Waals surface area contributed by atoms with Crippen LogP contribution < -0.4 is 10.1 Å². The van der Waals surface area contributed by atoms with Crippen molar-refractivity contribution in [3.8, 4) is 16.9 Å². The number of ether oxygens (including phenoxy) is 2. The van der Waals surface area contributed by atoms with Crippen molar-refractivity contribution in [3.63, 3.8) is 0 Å². The molecule has 254 valence electrons. The Kier molecular flexibility index (Phi) is 9.59. The second kappa shape index (κ2) is 14.2. The van der Waals surface area contributed by atoms with Crippen LogP contribution in [0.25, 0.3) is 11.1 Å². The third-order valence-electron chi connectivity index (χ3n) is 9.17. The topological polar surface area (TPSA) is 114 Å². The molecule has 2 atom stereocenters. The van der Waals surface area contributed by atoms with E-state index in [9.17, 15) is 8.42 Å². The Labute approximate surface area is 299 Å². The van der Waals surface area contributed by atoms with E-state index in [2.05, 4.69) is 21.2 Å². The van der Waals surface area contributed by atoms with Gasteiger partial charge in [0.25, 0.3) is 5.91 Å². The molecule has 50 heavy (non-hydrogen) atoms. The number of fused-ring (bicyclic) bond motifs is 3. The maximum absolute atomic E-state index is 15.1. The van der Waals surface area contributed by atoms with Gasteiger partial charge in [0.05, 0.1) is 23.3 Å². The minimum absolute atomic E-state index is 0.0301. The monoisotopic (exact) mass is 750 g/mol. The lowest BCUT2D eigenvalue weighted by atomic mass is 9.84. The largest absolute Gasteiger partial charge is 0.494 e. The van der Waals surface area contributed by atoms with Crippen LogP contribution in [0.15, 0.2) is 142 Å². The number of sulfone groups is 1. The van der Waals surface area contributed by atoms with E-state index in [4.69, 9.17) is 19.6 Å². The van der Waals surface area contributed by atoms with E-state index in [1.54, 1.807) is 54.6 Å². The van der Waals surface area contributed by atoms with Crippen molar-refractivity contribution in [2.24, 2.45) is 4.99 Å². The number of halogens is 1.